The molecule has 1 amide bonds. The number of nitrogens with one attached hydrogen (secondary N) is 2. The van der Waals surface area contributed by atoms with E-state index < -0.39 is 0 Å². The summed E-state index contributed by atoms with van der Waals surface area (Å²) in [5, 5.41) is 5.15. The Morgan fingerprint density at radius 2 is 2.00 bits per heavy atom. The van der Waals surface area contributed by atoms with Crippen molar-refractivity contribution in [3.05, 3.63) is 64.3 Å². The van der Waals surface area contributed by atoms with Crippen LogP contribution in [0, 0.1) is 6.92 Å². The zero-order valence-electron chi connectivity index (χ0n) is 19.9. The minimum atomic E-state index is 0.124. The van der Waals surface area contributed by atoms with Gasteiger partial charge in [0.1, 0.15) is 0 Å². The molecule has 1 saturated heterocycles. The van der Waals surface area contributed by atoms with E-state index in [4.69, 9.17) is 11.6 Å². The van der Waals surface area contributed by atoms with Crippen LogP contribution < -0.4 is 5.32 Å². The molecule has 2 N–H and O–H groups in total. The van der Waals surface area contributed by atoms with Crippen molar-refractivity contribution in [3.63, 3.8) is 0 Å². The van der Waals surface area contributed by atoms with Crippen LogP contribution in [0.3, 0.4) is 0 Å². The predicted molar refractivity (Wildman–Crippen MR) is 139 cm³/mol. The third-order valence-electron chi connectivity index (χ3n) is 7.06. The van der Waals surface area contributed by atoms with Crippen LogP contribution in [0.1, 0.15) is 68.1 Å². The first-order chi connectivity index (χ1) is 16.0. The number of H-pyrrole nitrogens is 1. The molecule has 0 spiro atoms. The Bertz CT molecular complexity index is 1080. The molecule has 0 saturated carbocycles. The number of hydrogen-bond acceptors (Lipinski definition) is 2. The second-order valence-electron chi connectivity index (χ2n) is 9.42. The lowest BCUT2D eigenvalue weighted by Gasteiger charge is -2.32. The van der Waals surface area contributed by atoms with Gasteiger partial charge in [-0.25, -0.2) is 0 Å². The monoisotopic (exact) mass is 465 g/mol. The summed E-state index contributed by atoms with van der Waals surface area (Å²) in [6.07, 6.45) is 9.32. The van der Waals surface area contributed by atoms with Crippen LogP contribution in [-0.2, 0) is 11.2 Å². The molecule has 0 aliphatic carbocycles. The minimum absolute atomic E-state index is 0.124. The van der Waals surface area contributed by atoms with E-state index in [1.165, 1.54) is 34.9 Å². The molecule has 2 aromatic carbocycles. The van der Waals surface area contributed by atoms with Crippen molar-refractivity contribution in [2.75, 3.05) is 25.0 Å². The van der Waals surface area contributed by atoms with Crippen LogP contribution in [0.4, 0.5) is 5.69 Å². The predicted octanol–water partition coefficient (Wildman–Crippen LogP) is 7.07. The SMILES string of the molecule is CCCCCC(=O)Nc1ccc(C)c(CCN2CCC(c3c[nH]c4c(Cl)cccc34)CC2)c1. The van der Waals surface area contributed by atoms with Gasteiger partial charge < -0.3 is 15.2 Å². The Hall–Kier alpha value is -2.30. The Balaban J connectivity index is 1.29. The highest BCUT2D eigenvalue weighted by atomic mass is 35.5. The van der Waals surface area contributed by atoms with E-state index in [1.807, 2.05) is 18.2 Å². The Morgan fingerprint density at radius 1 is 1.18 bits per heavy atom. The molecule has 1 aliphatic rings. The number of hydrogen-bond donors (Lipinski definition) is 2. The number of carbonyl (C=O) groups excluding carboxylic acids is 1. The number of rotatable bonds is 9. The lowest BCUT2D eigenvalue weighted by molar-refractivity contribution is -0.116. The molecule has 0 bridgehead atoms. The minimum Gasteiger partial charge on any atom is -0.360 e. The molecule has 4 rings (SSSR count). The van der Waals surface area contributed by atoms with Crippen molar-refractivity contribution in [1.82, 2.24) is 9.88 Å². The zero-order chi connectivity index (χ0) is 23.2. The van der Waals surface area contributed by atoms with E-state index in [9.17, 15) is 4.79 Å². The van der Waals surface area contributed by atoms with Crippen molar-refractivity contribution in [1.29, 1.82) is 0 Å². The molecule has 1 aromatic heterocycles. The highest BCUT2D eigenvalue weighted by molar-refractivity contribution is 6.35. The van der Waals surface area contributed by atoms with Crippen molar-refractivity contribution >= 4 is 34.1 Å². The van der Waals surface area contributed by atoms with Crippen LogP contribution in [0.5, 0.6) is 0 Å². The van der Waals surface area contributed by atoms with Gasteiger partial charge in [0.2, 0.25) is 5.91 Å². The molecule has 0 radical (unpaired) electrons. The molecule has 2 heterocycles. The molecule has 3 aromatic rings. The second kappa shape index (κ2) is 11.2. The van der Waals surface area contributed by atoms with Gasteiger partial charge in [0.05, 0.1) is 10.5 Å². The number of fused-ring (bicyclic) bond motifs is 1. The van der Waals surface area contributed by atoms with Gasteiger partial charge in [0, 0.05) is 30.2 Å². The molecular weight excluding hydrogens is 430 g/mol. The summed E-state index contributed by atoms with van der Waals surface area (Å²) in [4.78, 5) is 18.1. The topological polar surface area (TPSA) is 48.1 Å². The zero-order valence-corrected chi connectivity index (χ0v) is 20.7. The number of para-hydroxylation sites is 1. The Morgan fingerprint density at radius 3 is 2.79 bits per heavy atom. The summed E-state index contributed by atoms with van der Waals surface area (Å²) in [5.41, 5.74) is 6.02. The normalized spacial score (nSPS) is 15.2. The fraction of sp³-hybridized carbons (Fsp3) is 0.464. The first-order valence-electron chi connectivity index (χ1n) is 12.4. The fourth-order valence-corrected chi connectivity index (χ4v) is 5.23. The second-order valence-corrected chi connectivity index (χ2v) is 9.83. The third-order valence-corrected chi connectivity index (χ3v) is 7.38. The number of aryl methyl sites for hydroxylation is 1. The maximum Gasteiger partial charge on any atom is 0.224 e. The number of amides is 1. The lowest BCUT2D eigenvalue weighted by Crippen LogP contribution is -2.34. The molecule has 1 fully saturated rings. The number of unbranched alkanes of at least 4 members (excludes halogenated alkanes) is 2. The standard InChI is InChI=1S/C28H36ClN3O/c1-3-4-5-9-27(33)31-23-11-10-20(2)22(18-23)14-17-32-15-12-21(13-16-32)25-19-30-28-24(25)7-6-8-26(28)29/h6-8,10-11,18-19,21,30H,3-5,9,12-17H2,1-2H3,(H,31,33). The maximum absolute atomic E-state index is 12.2. The molecule has 5 heteroatoms. The van der Waals surface area contributed by atoms with Gasteiger partial charge in [-0.3, -0.25) is 4.79 Å². The summed E-state index contributed by atoms with van der Waals surface area (Å²) < 4.78 is 0. The van der Waals surface area contributed by atoms with Gasteiger partial charge in [-0.15, -0.1) is 0 Å². The maximum atomic E-state index is 12.2. The number of aromatic amines is 1. The summed E-state index contributed by atoms with van der Waals surface area (Å²) in [7, 11) is 0. The quantitative estimate of drug-likeness (QED) is 0.332. The van der Waals surface area contributed by atoms with E-state index in [2.05, 4.69) is 53.4 Å². The molecular formula is C28H36ClN3O. The van der Waals surface area contributed by atoms with Gasteiger partial charge in [-0.05, 0) is 86.5 Å². The van der Waals surface area contributed by atoms with Gasteiger partial charge in [0.15, 0.2) is 0 Å². The number of benzene rings is 2. The molecule has 176 valence electrons. The summed E-state index contributed by atoms with van der Waals surface area (Å²) in [6.45, 7) is 7.61. The summed E-state index contributed by atoms with van der Waals surface area (Å²) in [5.74, 6) is 0.709. The van der Waals surface area contributed by atoms with Crippen molar-refractivity contribution < 1.29 is 4.79 Å². The number of piperidine rings is 1. The van der Waals surface area contributed by atoms with Crippen LogP contribution >= 0.6 is 11.6 Å². The van der Waals surface area contributed by atoms with Crippen molar-refractivity contribution in [2.45, 2.75) is 64.7 Å². The molecule has 0 unspecified atom stereocenters. The summed E-state index contributed by atoms with van der Waals surface area (Å²) in [6, 6.07) is 12.5. The van der Waals surface area contributed by atoms with E-state index in [-0.39, 0.29) is 5.91 Å². The van der Waals surface area contributed by atoms with Gasteiger partial charge in [0.25, 0.3) is 0 Å². The number of anilines is 1. The number of nitrogens with zero attached hydrogens (tertiary/aromatic N) is 1. The van der Waals surface area contributed by atoms with Crippen molar-refractivity contribution in [2.24, 2.45) is 0 Å². The van der Waals surface area contributed by atoms with E-state index >= 15 is 0 Å². The first kappa shape index (κ1) is 23.8. The van der Waals surface area contributed by atoms with Gasteiger partial charge >= 0.3 is 0 Å². The number of aromatic nitrogens is 1. The average Bonchev–Trinajstić information content (AvgIpc) is 3.25. The number of halogens is 1. The molecule has 33 heavy (non-hydrogen) atoms. The van der Waals surface area contributed by atoms with Crippen LogP contribution in [0.2, 0.25) is 5.02 Å². The van der Waals surface area contributed by atoms with E-state index in [0.717, 1.165) is 61.5 Å². The molecule has 4 nitrogen and oxygen atoms in total. The van der Waals surface area contributed by atoms with Gasteiger partial charge in [-0.1, -0.05) is 49.6 Å². The van der Waals surface area contributed by atoms with E-state index in [0.29, 0.717) is 12.3 Å². The Kier molecular flexibility index (Phi) is 8.11. The lowest BCUT2D eigenvalue weighted by atomic mass is 9.89. The smallest absolute Gasteiger partial charge is 0.224 e. The highest BCUT2D eigenvalue weighted by Gasteiger charge is 2.23. The third kappa shape index (κ3) is 5.99. The van der Waals surface area contributed by atoms with Crippen LogP contribution in [0.25, 0.3) is 10.9 Å². The van der Waals surface area contributed by atoms with Gasteiger partial charge in [-0.2, -0.15) is 0 Å². The number of likely N-dealkylation sites (tertiary alicyclic amines) is 1. The largest absolute Gasteiger partial charge is 0.360 e. The highest BCUT2D eigenvalue weighted by Crippen LogP contribution is 2.35. The molecule has 1 aliphatic heterocycles. The van der Waals surface area contributed by atoms with Crippen LogP contribution in [0.15, 0.2) is 42.6 Å². The fourth-order valence-electron chi connectivity index (χ4n) is 5.00. The van der Waals surface area contributed by atoms with Crippen molar-refractivity contribution in [3.8, 4) is 0 Å². The van der Waals surface area contributed by atoms with E-state index in [1.54, 1.807) is 0 Å². The summed E-state index contributed by atoms with van der Waals surface area (Å²) >= 11 is 6.35. The van der Waals surface area contributed by atoms with Crippen LogP contribution in [-0.4, -0.2) is 35.4 Å². The number of carbonyl (C=O) groups is 1. The Labute approximate surface area is 202 Å². The molecule has 0 atom stereocenters. The first-order valence-corrected chi connectivity index (χ1v) is 12.8. The average molecular weight is 466 g/mol.